The van der Waals surface area contributed by atoms with Crippen LogP contribution in [0.2, 0.25) is 0 Å². The Kier molecular flexibility index (Phi) is 10.5. The fraction of sp³-hybridized carbons (Fsp3) is 0.667. The van der Waals surface area contributed by atoms with Crippen LogP contribution in [0.1, 0.15) is 70.3 Å². The van der Waals surface area contributed by atoms with Crippen molar-refractivity contribution < 1.29 is 0 Å². The number of alkyl halides is 1. The van der Waals surface area contributed by atoms with Gasteiger partial charge in [0, 0.05) is 3.92 Å². The van der Waals surface area contributed by atoms with Gasteiger partial charge >= 0.3 is 0 Å². The molecule has 0 saturated carbocycles. The van der Waals surface area contributed by atoms with Gasteiger partial charge in [0.25, 0.3) is 0 Å². The molecule has 1 aromatic rings. The summed E-state index contributed by atoms with van der Waals surface area (Å²) >= 11 is 2.65. The first-order chi connectivity index (χ1) is 9.33. The van der Waals surface area contributed by atoms with E-state index in [1.54, 1.807) is 0 Å². The van der Waals surface area contributed by atoms with E-state index in [0.29, 0.717) is 0 Å². The first kappa shape index (κ1) is 17.0. The molecular formula is C18H29I. The van der Waals surface area contributed by atoms with Gasteiger partial charge in [-0.3, -0.25) is 0 Å². The summed E-state index contributed by atoms with van der Waals surface area (Å²) in [5.74, 6) is 0. The minimum absolute atomic E-state index is 0.882. The first-order valence-electron chi connectivity index (χ1n) is 8.01. The average molecular weight is 372 g/mol. The van der Waals surface area contributed by atoms with Crippen LogP contribution in [0.3, 0.4) is 0 Å². The molecule has 0 bridgehead atoms. The van der Waals surface area contributed by atoms with Crippen molar-refractivity contribution in [3.63, 3.8) is 0 Å². The van der Waals surface area contributed by atoms with Crippen LogP contribution in [0.5, 0.6) is 0 Å². The second-order valence-corrected chi connectivity index (χ2v) is 7.29. The molecule has 0 N–H and O–H groups in total. The zero-order valence-corrected chi connectivity index (χ0v) is 14.6. The van der Waals surface area contributed by atoms with Gasteiger partial charge in [-0.15, -0.1) is 0 Å². The molecule has 0 nitrogen and oxygen atoms in total. The lowest BCUT2D eigenvalue weighted by Crippen LogP contribution is -1.99. The molecule has 0 saturated heterocycles. The molecule has 1 heteroatoms. The van der Waals surface area contributed by atoms with Crippen LogP contribution in [0, 0.1) is 0 Å². The van der Waals surface area contributed by atoms with Crippen LogP contribution in [0.15, 0.2) is 30.3 Å². The maximum absolute atomic E-state index is 2.65. The lowest BCUT2D eigenvalue weighted by atomic mass is 10.0. The molecule has 0 heterocycles. The number of hydrogen-bond donors (Lipinski definition) is 0. The van der Waals surface area contributed by atoms with Crippen LogP contribution in [-0.2, 0) is 6.42 Å². The van der Waals surface area contributed by atoms with Crippen molar-refractivity contribution in [2.75, 3.05) is 0 Å². The van der Waals surface area contributed by atoms with Gasteiger partial charge < -0.3 is 0 Å². The van der Waals surface area contributed by atoms with Gasteiger partial charge in [-0.25, -0.2) is 0 Å². The van der Waals surface area contributed by atoms with Crippen LogP contribution in [0.25, 0.3) is 0 Å². The molecule has 0 aliphatic carbocycles. The van der Waals surface area contributed by atoms with Crippen molar-refractivity contribution in [2.45, 2.75) is 75.1 Å². The maximum atomic E-state index is 2.65. The number of hydrogen-bond acceptors (Lipinski definition) is 0. The molecule has 1 rings (SSSR count). The third-order valence-electron chi connectivity index (χ3n) is 3.70. The van der Waals surface area contributed by atoms with Crippen molar-refractivity contribution in [2.24, 2.45) is 0 Å². The highest BCUT2D eigenvalue weighted by Crippen LogP contribution is 2.19. The molecule has 1 atom stereocenters. The zero-order valence-electron chi connectivity index (χ0n) is 12.4. The van der Waals surface area contributed by atoms with Gasteiger partial charge in [0.1, 0.15) is 0 Å². The number of benzene rings is 1. The standard InChI is InChI=1S/C18H29I/c1-2-3-4-5-6-10-15-18(19)16-11-14-17-12-8-7-9-13-17/h7-9,12-13,18H,2-6,10-11,14-16H2,1H3. The summed E-state index contributed by atoms with van der Waals surface area (Å²) in [4.78, 5) is 0. The molecule has 19 heavy (non-hydrogen) atoms. The van der Waals surface area contributed by atoms with Gasteiger partial charge in [0.15, 0.2) is 0 Å². The van der Waals surface area contributed by atoms with E-state index < -0.39 is 0 Å². The number of rotatable bonds is 11. The number of unbranched alkanes of at least 4 members (excludes halogenated alkanes) is 5. The predicted molar refractivity (Wildman–Crippen MR) is 95.2 cm³/mol. The quantitative estimate of drug-likeness (QED) is 0.234. The summed E-state index contributed by atoms with van der Waals surface area (Å²) in [5, 5.41) is 0. The van der Waals surface area contributed by atoms with Gasteiger partial charge in [-0.2, -0.15) is 0 Å². The van der Waals surface area contributed by atoms with Gasteiger partial charge in [0.05, 0.1) is 0 Å². The van der Waals surface area contributed by atoms with E-state index >= 15 is 0 Å². The Balaban J connectivity index is 1.94. The van der Waals surface area contributed by atoms with Crippen molar-refractivity contribution in [3.8, 4) is 0 Å². The van der Waals surface area contributed by atoms with Gasteiger partial charge in [0.2, 0.25) is 0 Å². The van der Waals surface area contributed by atoms with Crippen molar-refractivity contribution in [1.82, 2.24) is 0 Å². The Morgan fingerprint density at radius 1 is 0.842 bits per heavy atom. The summed E-state index contributed by atoms with van der Waals surface area (Å²) in [7, 11) is 0. The molecule has 0 aliphatic heterocycles. The fourth-order valence-corrected chi connectivity index (χ4v) is 3.34. The van der Waals surface area contributed by atoms with E-state index in [4.69, 9.17) is 0 Å². The van der Waals surface area contributed by atoms with Crippen LogP contribution in [0.4, 0.5) is 0 Å². The molecule has 0 fully saturated rings. The van der Waals surface area contributed by atoms with E-state index in [-0.39, 0.29) is 0 Å². The second-order valence-electron chi connectivity index (χ2n) is 5.53. The Bertz CT molecular complexity index is 294. The average Bonchev–Trinajstić information content (AvgIpc) is 2.44. The van der Waals surface area contributed by atoms with E-state index in [9.17, 15) is 0 Å². The Morgan fingerprint density at radius 2 is 1.47 bits per heavy atom. The molecule has 0 spiro atoms. The SMILES string of the molecule is CCCCCCCCC(I)CCCc1ccccc1. The summed E-state index contributed by atoms with van der Waals surface area (Å²) in [6, 6.07) is 10.9. The van der Waals surface area contributed by atoms with Crippen molar-refractivity contribution >= 4 is 22.6 Å². The highest BCUT2D eigenvalue weighted by Gasteiger charge is 2.03. The summed E-state index contributed by atoms with van der Waals surface area (Å²) in [5.41, 5.74) is 1.49. The Morgan fingerprint density at radius 3 is 2.21 bits per heavy atom. The third-order valence-corrected chi connectivity index (χ3v) is 4.94. The summed E-state index contributed by atoms with van der Waals surface area (Å²) in [6.07, 6.45) is 13.9. The third kappa shape index (κ3) is 9.48. The maximum Gasteiger partial charge on any atom is 0.0110 e. The molecule has 0 aliphatic rings. The lowest BCUT2D eigenvalue weighted by molar-refractivity contribution is 0.571. The highest BCUT2D eigenvalue weighted by molar-refractivity contribution is 14.1. The van der Waals surface area contributed by atoms with E-state index in [0.717, 1.165) is 3.92 Å². The first-order valence-corrected chi connectivity index (χ1v) is 9.25. The van der Waals surface area contributed by atoms with Gasteiger partial charge in [-0.05, 0) is 31.2 Å². The second kappa shape index (κ2) is 11.7. The van der Waals surface area contributed by atoms with Crippen LogP contribution < -0.4 is 0 Å². The molecule has 0 radical (unpaired) electrons. The van der Waals surface area contributed by atoms with Crippen LogP contribution >= 0.6 is 22.6 Å². The number of halogens is 1. The predicted octanol–water partition coefficient (Wildman–Crippen LogP) is 6.56. The van der Waals surface area contributed by atoms with Gasteiger partial charge in [-0.1, -0.05) is 98.4 Å². The topological polar surface area (TPSA) is 0 Å². The molecule has 0 aromatic heterocycles. The molecule has 108 valence electrons. The summed E-state index contributed by atoms with van der Waals surface area (Å²) in [6.45, 7) is 2.29. The number of aryl methyl sites for hydroxylation is 1. The smallest absolute Gasteiger partial charge is 0.0110 e. The van der Waals surface area contributed by atoms with Crippen molar-refractivity contribution in [1.29, 1.82) is 0 Å². The highest BCUT2D eigenvalue weighted by atomic mass is 127. The summed E-state index contributed by atoms with van der Waals surface area (Å²) < 4.78 is 0.882. The van der Waals surface area contributed by atoms with Crippen LogP contribution in [-0.4, -0.2) is 3.92 Å². The fourth-order valence-electron chi connectivity index (χ4n) is 2.46. The minimum atomic E-state index is 0.882. The molecular weight excluding hydrogens is 343 g/mol. The van der Waals surface area contributed by atoms with Crippen molar-refractivity contribution in [3.05, 3.63) is 35.9 Å². The zero-order chi connectivity index (χ0) is 13.8. The molecule has 0 amide bonds. The Hall–Kier alpha value is -0.0500. The monoisotopic (exact) mass is 372 g/mol. The Labute approximate surface area is 133 Å². The van der Waals surface area contributed by atoms with E-state index in [2.05, 4.69) is 59.8 Å². The van der Waals surface area contributed by atoms with E-state index in [1.807, 2.05) is 0 Å². The normalized spacial score (nSPS) is 12.5. The lowest BCUT2D eigenvalue weighted by Gasteiger charge is -2.09. The minimum Gasteiger partial charge on any atom is -0.0826 e. The van der Waals surface area contributed by atoms with E-state index in [1.165, 1.54) is 69.8 Å². The largest absolute Gasteiger partial charge is 0.0826 e. The molecule has 1 unspecified atom stereocenters. The molecule has 1 aromatic carbocycles.